The van der Waals surface area contributed by atoms with Crippen molar-refractivity contribution in [1.29, 1.82) is 0 Å². The zero-order chi connectivity index (χ0) is 25.7. The van der Waals surface area contributed by atoms with Crippen LogP contribution in [0.25, 0.3) is 33.3 Å². The number of carboxylic acids is 1. The Hall–Kier alpha value is -4.07. The maximum Gasteiger partial charge on any atom is 0.326 e. The number of hydrogen-bond acceptors (Lipinski definition) is 5. The number of fused-ring (bicyclic) bond motifs is 1. The number of rotatable bonds is 10. The molecule has 0 radical (unpaired) electrons. The molecule has 36 heavy (non-hydrogen) atoms. The number of carboxylic acid groups (broad SMARTS) is 1. The average Bonchev–Trinajstić information content (AvgIpc) is 3.41. The van der Waals surface area contributed by atoms with E-state index in [0.717, 1.165) is 45.9 Å². The van der Waals surface area contributed by atoms with Crippen molar-refractivity contribution >= 4 is 22.6 Å². The summed E-state index contributed by atoms with van der Waals surface area (Å²) in [7, 11) is 0. The van der Waals surface area contributed by atoms with Gasteiger partial charge in [-0.05, 0) is 57.1 Å². The average molecular weight is 486 g/mol. The van der Waals surface area contributed by atoms with Crippen LogP contribution < -0.4 is 0 Å². The first-order valence-electron chi connectivity index (χ1n) is 12.3. The van der Waals surface area contributed by atoms with Gasteiger partial charge in [0.25, 0.3) is 0 Å². The monoisotopic (exact) mass is 485 g/mol. The third-order valence-corrected chi connectivity index (χ3v) is 6.37. The van der Waals surface area contributed by atoms with E-state index in [1.807, 2.05) is 75.4 Å². The standard InChI is InChI=1S/C28H31N5O3/c1-4-5-10-25(34)33(26(18(2)3)28(35)36)17-19-11-12-21-16-22(14-13-20(21)15-19)23-8-6-7-9-24(23)27-29-31-32-30-27/h6-9,11-16,18,26H,4-5,10,17H2,1-3H3,(H,35,36)(H,29,30,31,32)/t26-/m0/s1. The Balaban J connectivity index is 1.65. The Kier molecular flexibility index (Phi) is 7.73. The summed E-state index contributed by atoms with van der Waals surface area (Å²) in [6, 6.07) is 19.3. The van der Waals surface area contributed by atoms with Gasteiger partial charge in [-0.15, -0.1) is 10.2 Å². The molecule has 1 atom stereocenters. The zero-order valence-electron chi connectivity index (χ0n) is 20.8. The number of nitrogens with one attached hydrogen (secondary N) is 1. The van der Waals surface area contributed by atoms with Crippen molar-refractivity contribution in [3.05, 3.63) is 66.2 Å². The smallest absolute Gasteiger partial charge is 0.326 e. The van der Waals surface area contributed by atoms with E-state index in [1.54, 1.807) is 0 Å². The number of nitrogens with zero attached hydrogens (tertiary/aromatic N) is 4. The molecule has 8 heteroatoms. The summed E-state index contributed by atoms with van der Waals surface area (Å²) in [5.74, 6) is -0.755. The van der Waals surface area contributed by atoms with Gasteiger partial charge in [0, 0.05) is 18.5 Å². The predicted octanol–water partition coefficient (Wildman–Crippen LogP) is 5.31. The SMILES string of the molecule is CCCCC(=O)N(Cc1ccc2cc(-c3ccccc3-c3nn[nH]n3)ccc2c1)[C@H](C(=O)O)C(C)C. The minimum Gasteiger partial charge on any atom is -0.480 e. The highest BCUT2D eigenvalue weighted by Crippen LogP contribution is 2.32. The maximum atomic E-state index is 13.0. The summed E-state index contributed by atoms with van der Waals surface area (Å²) < 4.78 is 0. The normalized spacial score (nSPS) is 12.1. The number of aromatic amines is 1. The number of amides is 1. The number of aromatic nitrogens is 4. The molecule has 1 heterocycles. The highest BCUT2D eigenvalue weighted by atomic mass is 16.4. The molecule has 0 bridgehead atoms. The molecule has 0 aliphatic heterocycles. The molecule has 0 fully saturated rings. The molecule has 0 unspecified atom stereocenters. The molecular formula is C28H31N5O3. The van der Waals surface area contributed by atoms with E-state index >= 15 is 0 Å². The zero-order valence-corrected chi connectivity index (χ0v) is 20.8. The third kappa shape index (κ3) is 5.43. The van der Waals surface area contributed by atoms with E-state index < -0.39 is 12.0 Å². The van der Waals surface area contributed by atoms with Crippen molar-refractivity contribution in [2.75, 3.05) is 0 Å². The van der Waals surface area contributed by atoms with Crippen LogP contribution in [0, 0.1) is 5.92 Å². The molecule has 0 aliphatic carbocycles. The molecule has 8 nitrogen and oxygen atoms in total. The van der Waals surface area contributed by atoms with Crippen molar-refractivity contribution in [3.63, 3.8) is 0 Å². The van der Waals surface area contributed by atoms with E-state index in [1.165, 1.54) is 4.90 Å². The number of benzene rings is 3. The summed E-state index contributed by atoms with van der Waals surface area (Å²) in [5.41, 5.74) is 3.81. The van der Waals surface area contributed by atoms with E-state index in [0.29, 0.717) is 12.2 Å². The van der Waals surface area contributed by atoms with Crippen molar-refractivity contribution in [2.24, 2.45) is 5.92 Å². The van der Waals surface area contributed by atoms with Gasteiger partial charge < -0.3 is 10.0 Å². The van der Waals surface area contributed by atoms with Crippen molar-refractivity contribution < 1.29 is 14.7 Å². The number of H-pyrrole nitrogens is 1. The summed E-state index contributed by atoms with van der Waals surface area (Å²) in [6.45, 7) is 5.96. The van der Waals surface area contributed by atoms with Crippen LogP contribution in [-0.2, 0) is 16.1 Å². The molecule has 2 N–H and O–H groups in total. The predicted molar refractivity (Wildman–Crippen MR) is 139 cm³/mol. The van der Waals surface area contributed by atoms with Crippen LogP contribution in [-0.4, -0.2) is 48.5 Å². The highest BCUT2D eigenvalue weighted by molar-refractivity contribution is 5.91. The second-order valence-corrected chi connectivity index (χ2v) is 9.33. The van der Waals surface area contributed by atoms with E-state index in [4.69, 9.17) is 0 Å². The molecule has 186 valence electrons. The first kappa shape index (κ1) is 25.0. The molecule has 0 spiro atoms. The molecule has 0 saturated carbocycles. The molecule has 0 aliphatic rings. The van der Waals surface area contributed by atoms with Crippen molar-refractivity contribution in [3.8, 4) is 22.5 Å². The van der Waals surface area contributed by atoms with Crippen LogP contribution in [0.2, 0.25) is 0 Å². The number of hydrogen-bond donors (Lipinski definition) is 2. The summed E-state index contributed by atoms with van der Waals surface area (Å²) in [5, 5.41) is 26.4. The fourth-order valence-electron chi connectivity index (χ4n) is 4.56. The van der Waals surface area contributed by atoms with Crippen LogP contribution in [0.1, 0.15) is 45.6 Å². The lowest BCUT2D eigenvalue weighted by atomic mass is 9.96. The van der Waals surface area contributed by atoms with Gasteiger partial charge in [0.05, 0.1) is 0 Å². The molecule has 4 rings (SSSR count). The van der Waals surface area contributed by atoms with Crippen molar-refractivity contribution in [1.82, 2.24) is 25.5 Å². The highest BCUT2D eigenvalue weighted by Gasteiger charge is 2.32. The number of carbonyl (C=O) groups is 2. The maximum absolute atomic E-state index is 13.0. The van der Waals surface area contributed by atoms with Crippen LogP contribution in [0.3, 0.4) is 0 Å². The quantitative estimate of drug-likeness (QED) is 0.315. The molecule has 1 amide bonds. The third-order valence-electron chi connectivity index (χ3n) is 6.37. The lowest BCUT2D eigenvalue weighted by molar-refractivity contribution is -0.153. The van der Waals surface area contributed by atoms with Crippen LogP contribution in [0.5, 0.6) is 0 Å². The Bertz CT molecular complexity index is 1350. The summed E-state index contributed by atoms with van der Waals surface area (Å²) >= 11 is 0. The van der Waals surface area contributed by atoms with Crippen LogP contribution >= 0.6 is 0 Å². The topological polar surface area (TPSA) is 112 Å². The van der Waals surface area contributed by atoms with Crippen LogP contribution in [0.15, 0.2) is 60.7 Å². The first-order valence-corrected chi connectivity index (χ1v) is 12.3. The van der Waals surface area contributed by atoms with Gasteiger partial charge in [-0.3, -0.25) is 4.79 Å². The number of aliphatic carboxylic acids is 1. The van der Waals surface area contributed by atoms with Gasteiger partial charge >= 0.3 is 5.97 Å². The summed E-state index contributed by atoms with van der Waals surface area (Å²) in [4.78, 5) is 26.6. The summed E-state index contributed by atoms with van der Waals surface area (Å²) in [6.07, 6.45) is 1.97. The molecule has 1 aromatic heterocycles. The fourth-order valence-corrected chi connectivity index (χ4v) is 4.56. The van der Waals surface area contributed by atoms with Crippen molar-refractivity contribution in [2.45, 2.75) is 52.6 Å². The Morgan fingerprint density at radius 2 is 1.72 bits per heavy atom. The minimum atomic E-state index is -0.972. The van der Waals surface area contributed by atoms with Gasteiger partial charge in [-0.1, -0.05) is 75.7 Å². The number of tetrazole rings is 1. The van der Waals surface area contributed by atoms with E-state index in [9.17, 15) is 14.7 Å². The molecular weight excluding hydrogens is 454 g/mol. The molecule has 4 aromatic rings. The second-order valence-electron chi connectivity index (χ2n) is 9.33. The van der Waals surface area contributed by atoms with Gasteiger partial charge in [0.2, 0.25) is 11.7 Å². The first-order chi connectivity index (χ1) is 17.4. The second kappa shape index (κ2) is 11.1. The Morgan fingerprint density at radius 3 is 2.39 bits per heavy atom. The largest absolute Gasteiger partial charge is 0.480 e. The lowest BCUT2D eigenvalue weighted by Gasteiger charge is -2.32. The number of carbonyl (C=O) groups excluding carboxylic acids is 1. The minimum absolute atomic E-state index is 0.119. The molecule has 0 saturated heterocycles. The van der Waals surface area contributed by atoms with E-state index in [2.05, 4.69) is 26.7 Å². The van der Waals surface area contributed by atoms with Crippen LogP contribution in [0.4, 0.5) is 0 Å². The fraction of sp³-hybridized carbons (Fsp3) is 0.321. The molecule has 3 aromatic carbocycles. The van der Waals surface area contributed by atoms with Gasteiger partial charge in [-0.25, -0.2) is 4.79 Å². The number of unbranched alkanes of at least 4 members (excludes halogenated alkanes) is 1. The van der Waals surface area contributed by atoms with Gasteiger partial charge in [0.15, 0.2) is 0 Å². The lowest BCUT2D eigenvalue weighted by Crippen LogP contribution is -2.47. The Labute approximate surface area is 210 Å². The Morgan fingerprint density at radius 1 is 1.00 bits per heavy atom. The van der Waals surface area contributed by atoms with Gasteiger partial charge in [0.1, 0.15) is 6.04 Å². The van der Waals surface area contributed by atoms with Gasteiger partial charge in [-0.2, -0.15) is 5.21 Å². The van der Waals surface area contributed by atoms with E-state index in [-0.39, 0.29) is 18.4 Å².